The highest BCUT2D eigenvalue weighted by atomic mass is 16.3. The molecule has 3 nitrogen and oxygen atoms in total. The van der Waals surface area contributed by atoms with Crippen LogP contribution in [0.4, 0.5) is 5.69 Å². The van der Waals surface area contributed by atoms with Gasteiger partial charge in [0.2, 0.25) is 0 Å². The molecule has 0 aliphatic carbocycles. The van der Waals surface area contributed by atoms with Gasteiger partial charge in [-0.25, -0.2) is 0 Å². The maximum absolute atomic E-state index is 9.48. The van der Waals surface area contributed by atoms with Crippen LogP contribution in [0.25, 0.3) is 0 Å². The lowest BCUT2D eigenvalue weighted by Gasteiger charge is -2.17. The predicted molar refractivity (Wildman–Crippen MR) is 81.9 cm³/mol. The summed E-state index contributed by atoms with van der Waals surface area (Å²) in [6, 6.07) is 18.4. The van der Waals surface area contributed by atoms with Gasteiger partial charge in [0.15, 0.2) is 0 Å². The Bertz CT molecular complexity index is 556. The van der Waals surface area contributed by atoms with Crippen molar-refractivity contribution >= 4 is 5.69 Å². The number of likely N-dealkylation sites (tertiary alicyclic amines) is 1. The minimum atomic E-state index is 0.314. The number of hydrogen-bond acceptors (Lipinski definition) is 3. The van der Waals surface area contributed by atoms with Gasteiger partial charge in [-0.3, -0.25) is 4.90 Å². The summed E-state index contributed by atoms with van der Waals surface area (Å²) in [4.78, 5) is 2.47. The first-order chi connectivity index (χ1) is 9.79. The van der Waals surface area contributed by atoms with Gasteiger partial charge >= 0.3 is 0 Å². The largest absolute Gasteiger partial charge is 0.508 e. The maximum Gasteiger partial charge on any atom is 0.117 e. The van der Waals surface area contributed by atoms with Gasteiger partial charge in [-0.15, -0.1) is 0 Å². The second kappa shape index (κ2) is 5.97. The lowest BCUT2D eigenvalue weighted by Crippen LogP contribution is -2.25. The Morgan fingerprint density at radius 1 is 1.10 bits per heavy atom. The lowest BCUT2D eigenvalue weighted by molar-refractivity contribution is 0.328. The van der Waals surface area contributed by atoms with Crippen LogP contribution in [0.5, 0.6) is 5.75 Å². The molecule has 0 radical (unpaired) electrons. The van der Waals surface area contributed by atoms with Crippen LogP contribution >= 0.6 is 0 Å². The van der Waals surface area contributed by atoms with E-state index in [4.69, 9.17) is 0 Å². The Labute approximate surface area is 119 Å². The highest BCUT2D eigenvalue weighted by Gasteiger charge is 2.22. The standard InChI is InChI=1S/C17H20N2O/c20-17-8-4-7-15(11-17)18-16-9-10-19(13-16)12-14-5-2-1-3-6-14/h1-8,11,16,18,20H,9-10,12-13H2/t16-/m0/s1. The molecule has 2 aromatic carbocycles. The van der Waals surface area contributed by atoms with Crippen molar-refractivity contribution in [3.8, 4) is 5.75 Å². The molecular weight excluding hydrogens is 248 g/mol. The Morgan fingerprint density at radius 2 is 1.95 bits per heavy atom. The van der Waals surface area contributed by atoms with Crippen LogP contribution in [-0.2, 0) is 6.54 Å². The minimum absolute atomic E-state index is 0.314. The molecule has 1 aliphatic rings. The molecule has 2 N–H and O–H groups in total. The van der Waals surface area contributed by atoms with E-state index >= 15 is 0 Å². The number of rotatable bonds is 4. The van der Waals surface area contributed by atoms with E-state index in [1.165, 1.54) is 5.56 Å². The fourth-order valence-corrected chi connectivity index (χ4v) is 2.77. The summed E-state index contributed by atoms with van der Waals surface area (Å²) in [7, 11) is 0. The smallest absolute Gasteiger partial charge is 0.117 e. The second-order valence-electron chi connectivity index (χ2n) is 5.40. The predicted octanol–water partition coefficient (Wildman–Crippen LogP) is 3.08. The number of nitrogens with one attached hydrogen (secondary N) is 1. The van der Waals surface area contributed by atoms with Crippen molar-refractivity contribution in [2.45, 2.75) is 19.0 Å². The molecule has 0 saturated carbocycles. The molecule has 1 saturated heterocycles. The van der Waals surface area contributed by atoms with E-state index in [2.05, 4.69) is 40.5 Å². The van der Waals surface area contributed by atoms with Crippen molar-refractivity contribution in [2.24, 2.45) is 0 Å². The minimum Gasteiger partial charge on any atom is -0.508 e. The second-order valence-corrected chi connectivity index (χ2v) is 5.40. The van der Waals surface area contributed by atoms with Crippen molar-refractivity contribution in [3.63, 3.8) is 0 Å². The SMILES string of the molecule is Oc1cccc(N[C@H]2CCN(Cc3ccccc3)C2)c1. The first-order valence-corrected chi connectivity index (χ1v) is 7.11. The van der Waals surface area contributed by atoms with Gasteiger partial charge < -0.3 is 10.4 Å². The maximum atomic E-state index is 9.48. The zero-order valence-corrected chi connectivity index (χ0v) is 11.5. The van der Waals surface area contributed by atoms with E-state index in [1.54, 1.807) is 12.1 Å². The van der Waals surface area contributed by atoms with Crippen molar-refractivity contribution in [2.75, 3.05) is 18.4 Å². The average molecular weight is 268 g/mol. The summed E-state index contributed by atoms with van der Waals surface area (Å²) in [5, 5.41) is 13.0. The van der Waals surface area contributed by atoms with Gasteiger partial charge in [-0.05, 0) is 24.1 Å². The molecule has 1 heterocycles. The average Bonchev–Trinajstić information content (AvgIpc) is 2.87. The Morgan fingerprint density at radius 3 is 2.75 bits per heavy atom. The molecule has 104 valence electrons. The molecule has 3 heteroatoms. The number of benzene rings is 2. The van der Waals surface area contributed by atoms with Crippen LogP contribution in [0.15, 0.2) is 54.6 Å². The quantitative estimate of drug-likeness (QED) is 0.894. The van der Waals surface area contributed by atoms with E-state index in [0.29, 0.717) is 11.8 Å². The molecule has 1 fully saturated rings. The van der Waals surface area contributed by atoms with Gasteiger partial charge in [0, 0.05) is 37.4 Å². The summed E-state index contributed by atoms with van der Waals surface area (Å²) in [6.45, 7) is 3.18. The fraction of sp³-hybridized carbons (Fsp3) is 0.294. The third kappa shape index (κ3) is 3.31. The first-order valence-electron chi connectivity index (χ1n) is 7.11. The van der Waals surface area contributed by atoms with E-state index in [-0.39, 0.29) is 0 Å². The van der Waals surface area contributed by atoms with Crippen LogP contribution in [0.2, 0.25) is 0 Å². The van der Waals surface area contributed by atoms with Crippen molar-refractivity contribution in [1.82, 2.24) is 4.90 Å². The third-order valence-electron chi connectivity index (χ3n) is 3.74. The van der Waals surface area contributed by atoms with Crippen molar-refractivity contribution in [3.05, 3.63) is 60.2 Å². The zero-order valence-electron chi connectivity index (χ0n) is 11.5. The number of anilines is 1. The Hall–Kier alpha value is -2.00. The van der Waals surface area contributed by atoms with Gasteiger partial charge in [-0.2, -0.15) is 0 Å². The Kier molecular flexibility index (Phi) is 3.88. The highest BCUT2D eigenvalue weighted by molar-refractivity contribution is 5.48. The van der Waals surface area contributed by atoms with E-state index in [1.807, 2.05) is 12.1 Å². The summed E-state index contributed by atoms with van der Waals surface area (Å²) in [6.07, 6.45) is 1.14. The summed E-state index contributed by atoms with van der Waals surface area (Å²) < 4.78 is 0. The molecule has 1 atom stereocenters. The summed E-state index contributed by atoms with van der Waals surface area (Å²) in [5.41, 5.74) is 2.36. The van der Waals surface area contributed by atoms with E-state index in [9.17, 15) is 5.11 Å². The van der Waals surface area contributed by atoms with Gasteiger partial charge in [0.25, 0.3) is 0 Å². The van der Waals surface area contributed by atoms with Crippen LogP contribution in [-0.4, -0.2) is 29.1 Å². The topological polar surface area (TPSA) is 35.5 Å². The number of phenols is 1. The van der Waals surface area contributed by atoms with E-state index in [0.717, 1.165) is 31.7 Å². The molecule has 20 heavy (non-hydrogen) atoms. The molecule has 0 spiro atoms. The zero-order chi connectivity index (χ0) is 13.8. The summed E-state index contributed by atoms with van der Waals surface area (Å²) >= 11 is 0. The lowest BCUT2D eigenvalue weighted by atomic mass is 10.2. The molecule has 3 rings (SSSR count). The molecule has 1 aliphatic heterocycles. The van der Waals surface area contributed by atoms with Crippen LogP contribution < -0.4 is 5.32 Å². The monoisotopic (exact) mass is 268 g/mol. The van der Waals surface area contributed by atoms with Crippen LogP contribution in [0.3, 0.4) is 0 Å². The third-order valence-corrected chi connectivity index (χ3v) is 3.74. The van der Waals surface area contributed by atoms with Gasteiger partial charge in [0.1, 0.15) is 5.75 Å². The molecule has 0 unspecified atom stereocenters. The number of aromatic hydroxyl groups is 1. The van der Waals surface area contributed by atoms with Crippen LogP contribution in [0, 0.1) is 0 Å². The molecule has 0 amide bonds. The fourth-order valence-electron chi connectivity index (χ4n) is 2.77. The number of nitrogens with zero attached hydrogens (tertiary/aromatic N) is 1. The molecule has 0 bridgehead atoms. The number of hydrogen-bond donors (Lipinski definition) is 2. The molecule has 0 aromatic heterocycles. The number of phenolic OH excluding ortho intramolecular Hbond substituents is 1. The van der Waals surface area contributed by atoms with Gasteiger partial charge in [0.05, 0.1) is 0 Å². The normalized spacial score (nSPS) is 19.1. The Balaban J connectivity index is 1.54. The van der Waals surface area contributed by atoms with Crippen molar-refractivity contribution in [1.29, 1.82) is 0 Å². The van der Waals surface area contributed by atoms with Gasteiger partial charge in [-0.1, -0.05) is 36.4 Å². The molecule has 2 aromatic rings. The van der Waals surface area contributed by atoms with E-state index < -0.39 is 0 Å². The summed E-state index contributed by atoms with van der Waals surface area (Å²) in [5.74, 6) is 0.314. The van der Waals surface area contributed by atoms with Crippen molar-refractivity contribution < 1.29 is 5.11 Å². The molecular formula is C17H20N2O. The first kappa shape index (κ1) is 13.0. The van der Waals surface area contributed by atoms with Crippen LogP contribution in [0.1, 0.15) is 12.0 Å². The highest BCUT2D eigenvalue weighted by Crippen LogP contribution is 2.20.